The molecule has 0 radical (unpaired) electrons. The van der Waals surface area contributed by atoms with E-state index in [1.807, 2.05) is 11.8 Å². The van der Waals surface area contributed by atoms with Crippen molar-refractivity contribution in [2.24, 2.45) is 5.73 Å². The molecule has 0 saturated heterocycles. The molecule has 2 N–H and O–H groups in total. The van der Waals surface area contributed by atoms with Gasteiger partial charge in [0.2, 0.25) is 5.91 Å². The molecule has 1 heterocycles. The lowest BCUT2D eigenvalue weighted by molar-refractivity contribution is -0.136. The highest BCUT2D eigenvalue weighted by Gasteiger charge is 2.39. The summed E-state index contributed by atoms with van der Waals surface area (Å²) >= 11 is 1.75. The first-order valence-electron chi connectivity index (χ1n) is 6.76. The van der Waals surface area contributed by atoms with E-state index >= 15 is 0 Å². The minimum Gasteiger partial charge on any atom is -0.341 e. The van der Waals surface area contributed by atoms with E-state index in [2.05, 4.69) is 17.5 Å². The first-order valence-corrected chi connectivity index (χ1v) is 7.64. The highest BCUT2D eigenvalue weighted by atomic mass is 32.1. The molecule has 0 unspecified atom stereocenters. The molecule has 1 aromatic heterocycles. The Labute approximate surface area is 113 Å². The van der Waals surface area contributed by atoms with Crippen molar-refractivity contribution in [3.05, 3.63) is 22.4 Å². The summed E-state index contributed by atoms with van der Waals surface area (Å²) in [6.07, 6.45) is 4.81. The maximum atomic E-state index is 12.5. The Kier molecular flexibility index (Phi) is 4.40. The lowest BCUT2D eigenvalue weighted by Gasteiger charge is -2.30. The van der Waals surface area contributed by atoms with Gasteiger partial charge in [0.25, 0.3) is 0 Å². The van der Waals surface area contributed by atoms with E-state index in [1.54, 1.807) is 11.3 Å². The van der Waals surface area contributed by atoms with Crippen LogP contribution in [0.15, 0.2) is 17.5 Å². The fourth-order valence-electron chi connectivity index (χ4n) is 2.64. The SMILES string of the molecule is CCN(CCc1cccs1)C(=O)C1(N)CCCC1. The summed E-state index contributed by atoms with van der Waals surface area (Å²) in [5, 5.41) is 2.08. The van der Waals surface area contributed by atoms with Crippen LogP contribution in [0, 0.1) is 0 Å². The van der Waals surface area contributed by atoms with Gasteiger partial charge in [-0.15, -0.1) is 11.3 Å². The van der Waals surface area contributed by atoms with Crippen molar-refractivity contribution in [3.8, 4) is 0 Å². The Morgan fingerprint density at radius 2 is 2.22 bits per heavy atom. The molecule has 0 aromatic carbocycles. The molecule has 100 valence electrons. The topological polar surface area (TPSA) is 46.3 Å². The predicted octanol–water partition coefficient (Wildman–Crippen LogP) is 2.41. The maximum absolute atomic E-state index is 12.5. The van der Waals surface area contributed by atoms with Crippen LogP contribution in [0.3, 0.4) is 0 Å². The third-order valence-corrected chi connectivity index (χ3v) is 4.74. The molecule has 18 heavy (non-hydrogen) atoms. The molecule has 0 spiro atoms. The summed E-state index contributed by atoms with van der Waals surface area (Å²) in [5.41, 5.74) is 5.66. The summed E-state index contributed by atoms with van der Waals surface area (Å²) in [6, 6.07) is 4.18. The van der Waals surface area contributed by atoms with Crippen LogP contribution in [0.25, 0.3) is 0 Å². The number of likely N-dealkylation sites (N-methyl/N-ethyl adjacent to an activating group) is 1. The summed E-state index contributed by atoms with van der Waals surface area (Å²) in [5.74, 6) is 0.152. The van der Waals surface area contributed by atoms with Crippen LogP contribution in [0.2, 0.25) is 0 Å². The third-order valence-electron chi connectivity index (χ3n) is 3.80. The lowest BCUT2D eigenvalue weighted by atomic mass is 9.97. The molecule has 0 bridgehead atoms. The fraction of sp³-hybridized carbons (Fsp3) is 0.643. The zero-order chi connectivity index (χ0) is 13.0. The number of rotatable bonds is 5. The van der Waals surface area contributed by atoms with Gasteiger partial charge in [0.15, 0.2) is 0 Å². The van der Waals surface area contributed by atoms with Crippen LogP contribution < -0.4 is 5.73 Å². The van der Waals surface area contributed by atoms with E-state index < -0.39 is 5.54 Å². The average Bonchev–Trinajstić information content (AvgIpc) is 3.01. The van der Waals surface area contributed by atoms with Gasteiger partial charge in [-0.25, -0.2) is 0 Å². The number of hydrogen-bond donors (Lipinski definition) is 1. The van der Waals surface area contributed by atoms with Gasteiger partial charge in [-0.2, -0.15) is 0 Å². The summed E-state index contributed by atoms with van der Waals surface area (Å²) in [7, 11) is 0. The first-order chi connectivity index (χ1) is 8.65. The van der Waals surface area contributed by atoms with E-state index in [4.69, 9.17) is 5.73 Å². The van der Waals surface area contributed by atoms with Gasteiger partial charge in [-0.05, 0) is 37.6 Å². The normalized spacial score (nSPS) is 17.9. The molecule has 2 rings (SSSR count). The first kappa shape index (κ1) is 13.6. The second kappa shape index (κ2) is 5.85. The molecular formula is C14H22N2OS. The highest BCUT2D eigenvalue weighted by Crippen LogP contribution is 2.29. The monoisotopic (exact) mass is 266 g/mol. The zero-order valence-electron chi connectivity index (χ0n) is 11.0. The van der Waals surface area contributed by atoms with E-state index in [-0.39, 0.29) is 5.91 Å². The van der Waals surface area contributed by atoms with Gasteiger partial charge in [-0.3, -0.25) is 4.79 Å². The van der Waals surface area contributed by atoms with Gasteiger partial charge in [0, 0.05) is 18.0 Å². The van der Waals surface area contributed by atoms with E-state index in [9.17, 15) is 4.79 Å². The van der Waals surface area contributed by atoms with Crippen LogP contribution in [-0.4, -0.2) is 29.4 Å². The van der Waals surface area contributed by atoms with Crippen LogP contribution in [-0.2, 0) is 11.2 Å². The van der Waals surface area contributed by atoms with Gasteiger partial charge in [0.1, 0.15) is 0 Å². The van der Waals surface area contributed by atoms with Gasteiger partial charge < -0.3 is 10.6 Å². The van der Waals surface area contributed by atoms with E-state index in [0.29, 0.717) is 0 Å². The number of carbonyl (C=O) groups is 1. The second-order valence-corrected chi connectivity index (χ2v) is 6.11. The van der Waals surface area contributed by atoms with Crippen molar-refractivity contribution in [2.75, 3.05) is 13.1 Å². The minimum absolute atomic E-state index is 0.152. The maximum Gasteiger partial charge on any atom is 0.242 e. The van der Waals surface area contributed by atoms with Gasteiger partial charge >= 0.3 is 0 Å². The number of hydrogen-bond acceptors (Lipinski definition) is 3. The lowest BCUT2D eigenvalue weighted by Crippen LogP contribution is -2.53. The Hall–Kier alpha value is -0.870. The average molecular weight is 266 g/mol. The molecule has 1 aromatic rings. The Bertz CT molecular complexity index is 383. The number of nitrogens with two attached hydrogens (primary N) is 1. The summed E-state index contributed by atoms with van der Waals surface area (Å²) < 4.78 is 0. The Morgan fingerprint density at radius 3 is 2.78 bits per heavy atom. The molecule has 0 atom stereocenters. The van der Waals surface area contributed by atoms with Crippen molar-refractivity contribution < 1.29 is 4.79 Å². The summed E-state index contributed by atoms with van der Waals surface area (Å²) in [4.78, 5) is 15.7. The molecule has 3 nitrogen and oxygen atoms in total. The van der Waals surface area contributed by atoms with Crippen molar-refractivity contribution in [2.45, 2.75) is 44.6 Å². The smallest absolute Gasteiger partial charge is 0.242 e. The molecule has 1 aliphatic rings. The number of amides is 1. The van der Waals surface area contributed by atoms with Crippen LogP contribution >= 0.6 is 11.3 Å². The highest BCUT2D eigenvalue weighted by molar-refractivity contribution is 7.09. The van der Waals surface area contributed by atoms with Crippen LogP contribution in [0.4, 0.5) is 0 Å². The van der Waals surface area contributed by atoms with E-state index in [1.165, 1.54) is 4.88 Å². The van der Waals surface area contributed by atoms with Crippen LogP contribution in [0.1, 0.15) is 37.5 Å². The molecule has 1 fully saturated rings. The number of thiophene rings is 1. The molecule has 1 amide bonds. The quantitative estimate of drug-likeness (QED) is 0.889. The summed E-state index contributed by atoms with van der Waals surface area (Å²) in [6.45, 7) is 3.57. The van der Waals surface area contributed by atoms with Crippen molar-refractivity contribution in [3.63, 3.8) is 0 Å². The number of nitrogens with zero attached hydrogens (tertiary/aromatic N) is 1. The van der Waals surface area contributed by atoms with E-state index in [0.717, 1.165) is 45.2 Å². The molecule has 1 aliphatic carbocycles. The molecule has 1 saturated carbocycles. The molecule has 4 heteroatoms. The molecule has 0 aliphatic heterocycles. The Balaban J connectivity index is 1.93. The second-order valence-electron chi connectivity index (χ2n) is 5.08. The van der Waals surface area contributed by atoms with Gasteiger partial charge in [0.05, 0.1) is 5.54 Å². The number of carbonyl (C=O) groups excluding carboxylic acids is 1. The third kappa shape index (κ3) is 2.93. The standard InChI is InChI=1S/C14H22N2OS/c1-2-16(10-7-12-6-5-11-18-12)13(17)14(15)8-3-4-9-14/h5-6,11H,2-4,7-10,15H2,1H3. The van der Waals surface area contributed by atoms with Crippen molar-refractivity contribution >= 4 is 17.2 Å². The molecular weight excluding hydrogens is 244 g/mol. The van der Waals surface area contributed by atoms with Crippen molar-refractivity contribution in [1.82, 2.24) is 4.90 Å². The van der Waals surface area contributed by atoms with Gasteiger partial charge in [-0.1, -0.05) is 18.9 Å². The minimum atomic E-state index is -0.578. The van der Waals surface area contributed by atoms with Crippen molar-refractivity contribution in [1.29, 1.82) is 0 Å². The van der Waals surface area contributed by atoms with Crippen LogP contribution in [0.5, 0.6) is 0 Å². The largest absolute Gasteiger partial charge is 0.341 e. The Morgan fingerprint density at radius 1 is 1.50 bits per heavy atom. The zero-order valence-corrected chi connectivity index (χ0v) is 11.8. The predicted molar refractivity (Wildman–Crippen MR) is 75.7 cm³/mol. The fourth-order valence-corrected chi connectivity index (χ4v) is 3.34.